The molecular formula is C17H16N2O2. The summed E-state index contributed by atoms with van der Waals surface area (Å²) in [6.45, 7) is 5.80. The summed E-state index contributed by atoms with van der Waals surface area (Å²) in [7, 11) is 0. The van der Waals surface area contributed by atoms with Crippen molar-refractivity contribution in [3.05, 3.63) is 53.7 Å². The van der Waals surface area contributed by atoms with Crippen molar-refractivity contribution in [3.63, 3.8) is 0 Å². The van der Waals surface area contributed by atoms with E-state index in [2.05, 4.69) is 16.9 Å². The van der Waals surface area contributed by atoms with Crippen LogP contribution in [0.5, 0.6) is 11.5 Å². The van der Waals surface area contributed by atoms with Crippen LogP contribution in [-0.4, -0.2) is 10.9 Å². The Bertz CT molecular complexity index is 723. The molecular weight excluding hydrogens is 264 g/mol. The minimum absolute atomic E-state index is 0.00155. The molecule has 1 amide bonds. The first-order valence-electron chi connectivity index (χ1n) is 6.86. The van der Waals surface area contributed by atoms with Crippen LogP contribution in [0.1, 0.15) is 23.1 Å². The van der Waals surface area contributed by atoms with Crippen LogP contribution in [-0.2, 0) is 11.2 Å². The minimum Gasteiger partial charge on any atom is -0.457 e. The van der Waals surface area contributed by atoms with E-state index in [0.29, 0.717) is 18.7 Å². The highest BCUT2D eigenvalue weighted by Crippen LogP contribution is 2.33. The van der Waals surface area contributed by atoms with Crippen LogP contribution in [0.4, 0.5) is 5.82 Å². The first-order chi connectivity index (χ1) is 10.2. The van der Waals surface area contributed by atoms with Gasteiger partial charge in [0.15, 0.2) is 0 Å². The second-order valence-electron chi connectivity index (χ2n) is 5.01. The van der Waals surface area contributed by atoms with Crippen molar-refractivity contribution in [3.8, 4) is 11.5 Å². The van der Waals surface area contributed by atoms with E-state index in [1.165, 1.54) is 0 Å². The van der Waals surface area contributed by atoms with E-state index in [0.717, 1.165) is 28.2 Å². The van der Waals surface area contributed by atoms with Gasteiger partial charge < -0.3 is 10.1 Å². The lowest BCUT2D eigenvalue weighted by molar-refractivity contribution is -0.116. The number of hydrogen-bond donors (Lipinski definition) is 1. The summed E-state index contributed by atoms with van der Waals surface area (Å²) in [5, 5.41) is 2.77. The van der Waals surface area contributed by atoms with Gasteiger partial charge in [0.1, 0.15) is 17.3 Å². The van der Waals surface area contributed by atoms with Crippen LogP contribution in [0.3, 0.4) is 0 Å². The number of hydrogen-bond acceptors (Lipinski definition) is 3. The molecule has 4 heteroatoms. The zero-order valence-electron chi connectivity index (χ0n) is 11.8. The summed E-state index contributed by atoms with van der Waals surface area (Å²) >= 11 is 0. The lowest BCUT2D eigenvalue weighted by Gasteiger charge is -2.19. The van der Waals surface area contributed by atoms with Crippen molar-refractivity contribution < 1.29 is 9.53 Å². The van der Waals surface area contributed by atoms with E-state index in [4.69, 9.17) is 4.74 Å². The largest absolute Gasteiger partial charge is 0.457 e. The zero-order chi connectivity index (χ0) is 14.8. The molecule has 4 nitrogen and oxygen atoms in total. The Morgan fingerprint density at radius 1 is 1.33 bits per heavy atom. The quantitative estimate of drug-likeness (QED) is 0.932. The number of carbonyl (C=O) groups excluding carboxylic acids is 1. The number of nitrogens with zero attached hydrogens (tertiary/aromatic N) is 1. The molecule has 1 aliphatic rings. The molecule has 0 bridgehead atoms. The van der Waals surface area contributed by atoms with E-state index in [1.54, 1.807) is 6.20 Å². The molecule has 2 aromatic rings. The number of fused-ring (bicyclic) bond motifs is 1. The van der Waals surface area contributed by atoms with Gasteiger partial charge in [0, 0.05) is 18.2 Å². The summed E-state index contributed by atoms with van der Waals surface area (Å²) in [5.74, 6) is 2.11. The Kier molecular flexibility index (Phi) is 3.44. The third-order valence-electron chi connectivity index (χ3n) is 3.56. The third kappa shape index (κ3) is 2.65. The van der Waals surface area contributed by atoms with E-state index >= 15 is 0 Å². The van der Waals surface area contributed by atoms with Gasteiger partial charge in [-0.2, -0.15) is 0 Å². The molecule has 0 saturated heterocycles. The van der Waals surface area contributed by atoms with Crippen molar-refractivity contribution in [2.75, 3.05) is 5.32 Å². The normalized spacial score (nSPS) is 13.3. The Hall–Kier alpha value is -2.62. The number of ether oxygens (including phenoxy) is 1. The lowest BCUT2D eigenvalue weighted by Crippen LogP contribution is -2.20. The van der Waals surface area contributed by atoms with Crippen molar-refractivity contribution in [1.29, 1.82) is 0 Å². The summed E-state index contributed by atoms with van der Waals surface area (Å²) < 4.78 is 5.97. The highest BCUT2D eigenvalue weighted by molar-refractivity contribution is 5.93. The molecule has 0 spiro atoms. The van der Waals surface area contributed by atoms with E-state index < -0.39 is 0 Å². The predicted molar refractivity (Wildman–Crippen MR) is 82.5 cm³/mol. The fraction of sp³-hybridized carbons (Fsp3) is 0.176. The smallest absolute Gasteiger partial charge is 0.225 e. The second kappa shape index (κ2) is 5.40. The fourth-order valence-corrected chi connectivity index (χ4v) is 2.42. The molecule has 1 aromatic carbocycles. The number of aryl methyl sites for hydroxylation is 1. The van der Waals surface area contributed by atoms with Crippen molar-refractivity contribution in [2.45, 2.75) is 19.8 Å². The SMILES string of the molecule is C=Cc1ccc(Oc2ccnc3c2CCC(=O)N3)cc1C. The topological polar surface area (TPSA) is 51.2 Å². The molecule has 0 unspecified atom stereocenters. The number of amides is 1. The minimum atomic E-state index is -0.00155. The summed E-state index contributed by atoms with van der Waals surface area (Å²) in [6.07, 6.45) is 4.57. The monoisotopic (exact) mass is 280 g/mol. The van der Waals surface area contributed by atoms with Gasteiger partial charge in [-0.05, 0) is 42.7 Å². The average molecular weight is 280 g/mol. The number of carbonyl (C=O) groups is 1. The van der Waals surface area contributed by atoms with E-state index in [1.807, 2.05) is 37.3 Å². The highest BCUT2D eigenvalue weighted by Gasteiger charge is 2.19. The van der Waals surface area contributed by atoms with Crippen molar-refractivity contribution in [1.82, 2.24) is 4.98 Å². The number of aromatic nitrogens is 1. The number of rotatable bonds is 3. The molecule has 1 N–H and O–H groups in total. The molecule has 1 aliphatic heterocycles. The highest BCUT2D eigenvalue weighted by atomic mass is 16.5. The van der Waals surface area contributed by atoms with Crippen LogP contribution >= 0.6 is 0 Å². The molecule has 0 fully saturated rings. The maximum atomic E-state index is 11.4. The van der Waals surface area contributed by atoms with Gasteiger partial charge in [-0.3, -0.25) is 4.79 Å². The number of benzene rings is 1. The van der Waals surface area contributed by atoms with Gasteiger partial charge in [-0.1, -0.05) is 18.7 Å². The van der Waals surface area contributed by atoms with Crippen LogP contribution < -0.4 is 10.1 Å². The van der Waals surface area contributed by atoms with Crippen LogP contribution in [0.25, 0.3) is 6.08 Å². The van der Waals surface area contributed by atoms with E-state index in [9.17, 15) is 4.79 Å². The Morgan fingerprint density at radius 2 is 2.19 bits per heavy atom. The summed E-state index contributed by atoms with van der Waals surface area (Å²) in [4.78, 5) is 15.6. The van der Waals surface area contributed by atoms with Crippen LogP contribution in [0.15, 0.2) is 37.0 Å². The maximum Gasteiger partial charge on any atom is 0.225 e. The summed E-state index contributed by atoms with van der Waals surface area (Å²) in [5.41, 5.74) is 3.15. The molecule has 106 valence electrons. The standard InChI is InChI=1S/C17H16N2O2/c1-3-12-4-5-13(10-11(12)2)21-15-8-9-18-17-14(15)6-7-16(20)19-17/h3-5,8-10H,1,6-7H2,2H3,(H,18,19,20). The van der Waals surface area contributed by atoms with Crippen LogP contribution in [0, 0.1) is 6.92 Å². The Balaban J connectivity index is 1.92. The molecule has 0 atom stereocenters. The van der Waals surface area contributed by atoms with Gasteiger partial charge in [0.05, 0.1) is 0 Å². The Labute approximate surface area is 123 Å². The molecule has 0 radical (unpaired) electrons. The van der Waals surface area contributed by atoms with Gasteiger partial charge >= 0.3 is 0 Å². The predicted octanol–water partition coefficient (Wildman–Crippen LogP) is 3.71. The van der Waals surface area contributed by atoms with Crippen molar-refractivity contribution >= 4 is 17.8 Å². The lowest BCUT2D eigenvalue weighted by atomic mass is 10.1. The fourth-order valence-electron chi connectivity index (χ4n) is 2.42. The molecule has 0 aliphatic carbocycles. The van der Waals surface area contributed by atoms with Crippen molar-refractivity contribution in [2.24, 2.45) is 0 Å². The first-order valence-corrected chi connectivity index (χ1v) is 6.86. The number of pyridine rings is 1. The summed E-state index contributed by atoms with van der Waals surface area (Å²) in [6, 6.07) is 7.70. The maximum absolute atomic E-state index is 11.4. The van der Waals surface area contributed by atoms with Gasteiger partial charge in [-0.15, -0.1) is 0 Å². The second-order valence-corrected chi connectivity index (χ2v) is 5.01. The van der Waals surface area contributed by atoms with Gasteiger partial charge in [0.25, 0.3) is 0 Å². The Morgan fingerprint density at radius 3 is 2.95 bits per heavy atom. The zero-order valence-corrected chi connectivity index (χ0v) is 11.8. The average Bonchev–Trinajstić information content (AvgIpc) is 2.47. The van der Waals surface area contributed by atoms with Gasteiger partial charge in [-0.25, -0.2) is 4.98 Å². The molecule has 0 saturated carbocycles. The van der Waals surface area contributed by atoms with Gasteiger partial charge in [0.2, 0.25) is 5.91 Å². The third-order valence-corrected chi connectivity index (χ3v) is 3.56. The number of nitrogens with one attached hydrogen (secondary N) is 1. The van der Waals surface area contributed by atoms with E-state index in [-0.39, 0.29) is 5.91 Å². The number of anilines is 1. The first kappa shape index (κ1) is 13.4. The molecule has 1 aromatic heterocycles. The molecule has 3 rings (SSSR count). The molecule has 2 heterocycles. The van der Waals surface area contributed by atoms with Crippen LogP contribution in [0.2, 0.25) is 0 Å². The molecule has 21 heavy (non-hydrogen) atoms.